The summed E-state index contributed by atoms with van der Waals surface area (Å²) >= 11 is 0. The first-order chi connectivity index (χ1) is 9.59. The number of hydrogen-bond acceptors (Lipinski definition) is 1. The summed E-state index contributed by atoms with van der Waals surface area (Å²) in [6, 6.07) is 8.56. The number of rotatable bonds is 6. The number of aryl methyl sites for hydroxylation is 3. The summed E-state index contributed by atoms with van der Waals surface area (Å²) in [4.78, 5) is 10.5. The Labute approximate surface area is 136 Å². The molecule has 4 heteroatoms. The Morgan fingerprint density at radius 1 is 1.10 bits per heavy atom. The lowest BCUT2D eigenvalue weighted by Gasteiger charge is -2.06. The fourth-order valence-electron chi connectivity index (χ4n) is 2.65. The van der Waals surface area contributed by atoms with Crippen molar-refractivity contribution in [3.63, 3.8) is 0 Å². The first-order valence-corrected chi connectivity index (χ1v) is 7.20. The number of carbonyl (C=O) groups is 1. The summed E-state index contributed by atoms with van der Waals surface area (Å²) in [5, 5.41) is 9.94. The van der Waals surface area contributed by atoms with E-state index in [1.807, 2.05) is 0 Å². The molecule has 1 N–H and O–H groups in total. The minimum atomic E-state index is -0.700. The summed E-state index contributed by atoms with van der Waals surface area (Å²) < 4.78 is 2.29. The van der Waals surface area contributed by atoms with Gasteiger partial charge in [0.1, 0.15) is 6.54 Å². The fraction of sp³-hybridized carbons (Fsp3) is 0.412. The van der Waals surface area contributed by atoms with Crippen LogP contribution in [-0.4, -0.2) is 11.1 Å². The number of carboxylic acid groups (broad SMARTS) is 1. The van der Waals surface area contributed by atoms with Crippen LogP contribution in [-0.2, 0) is 11.3 Å². The molecular formula is C17H22BrNO2. The van der Waals surface area contributed by atoms with E-state index in [9.17, 15) is 4.79 Å². The smallest absolute Gasteiger partial charge is 0.303 e. The average molecular weight is 352 g/mol. The normalized spacial score (nSPS) is 10.4. The molecule has 0 aliphatic rings. The molecule has 0 unspecified atom stereocenters. The third-order valence-corrected chi connectivity index (χ3v) is 3.74. The molecule has 0 aliphatic heterocycles. The van der Waals surface area contributed by atoms with Crippen molar-refractivity contribution >= 4 is 16.9 Å². The van der Waals surface area contributed by atoms with Gasteiger partial charge in [0.2, 0.25) is 5.52 Å². The molecule has 0 aliphatic carbocycles. The number of benzene rings is 1. The average Bonchev–Trinajstić information content (AvgIpc) is 2.41. The van der Waals surface area contributed by atoms with Crippen LogP contribution in [0.5, 0.6) is 0 Å². The minimum absolute atomic E-state index is 0. The number of hydrogen-bond donors (Lipinski definition) is 1. The predicted molar refractivity (Wildman–Crippen MR) is 79.7 cm³/mol. The van der Waals surface area contributed by atoms with Gasteiger partial charge in [-0.15, -0.1) is 0 Å². The molecular weight excluding hydrogens is 330 g/mol. The lowest BCUT2D eigenvalue weighted by molar-refractivity contribution is -0.672. The topological polar surface area (TPSA) is 41.2 Å². The first-order valence-electron chi connectivity index (χ1n) is 7.20. The van der Waals surface area contributed by atoms with Crippen LogP contribution in [0.15, 0.2) is 30.5 Å². The second kappa shape index (κ2) is 8.13. The molecule has 0 saturated heterocycles. The van der Waals surface area contributed by atoms with E-state index in [1.165, 1.54) is 22.0 Å². The highest BCUT2D eigenvalue weighted by atomic mass is 79.9. The Hall–Kier alpha value is -1.42. The van der Waals surface area contributed by atoms with Gasteiger partial charge in [0, 0.05) is 29.9 Å². The molecule has 2 aromatic rings. The van der Waals surface area contributed by atoms with E-state index in [-0.39, 0.29) is 23.4 Å². The Morgan fingerprint density at radius 2 is 1.86 bits per heavy atom. The number of aliphatic carboxylic acids is 1. The molecule has 21 heavy (non-hydrogen) atoms. The third kappa shape index (κ3) is 4.53. The van der Waals surface area contributed by atoms with Gasteiger partial charge in [-0.3, -0.25) is 4.79 Å². The van der Waals surface area contributed by atoms with Crippen molar-refractivity contribution in [1.29, 1.82) is 0 Å². The lowest BCUT2D eigenvalue weighted by atomic mass is 10.1. The SMILES string of the molecule is Cc1cc[n+](CCCCCC(=O)O)c2c(C)cccc12.[Br-]. The van der Waals surface area contributed by atoms with E-state index in [0.29, 0.717) is 0 Å². The second-order valence-electron chi connectivity index (χ2n) is 5.37. The quantitative estimate of drug-likeness (QED) is 0.604. The monoisotopic (exact) mass is 351 g/mol. The molecule has 0 bridgehead atoms. The molecule has 2 rings (SSSR count). The van der Waals surface area contributed by atoms with Crippen molar-refractivity contribution in [3.8, 4) is 0 Å². The maximum atomic E-state index is 10.5. The molecule has 3 nitrogen and oxygen atoms in total. The van der Waals surface area contributed by atoms with E-state index in [4.69, 9.17) is 5.11 Å². The standard InChI is InChI=1S/C17H21NO2.BrH/c1-13-10-12-18(11-5-3-4-9-16(19)20)17-14(2)7-6-8-15(13)17;/h6-8,10,12H,3-5,9,11H2,1-2H3;1H. The number of unbranched alkanes of at least 4 members (excludes halogenated alkanes) is 2. The van der Waals surface area contributed by atoms with Crippen LogP contribution in [0.25, 0.3) is 10.9 Å². The molecule has 0 amide bonds. The number of pyridine rings is 1. The highest BCUT2D eigenvalue weighted by molar-refractivity contribution is 5.81. The number of carboxylic acids is 1. The van der Waals surface area contributed by atoms with Gasteiger partial charge >= 0.3 is 5.97 Å². The number of aromatic nitrogens is 1. The maximum Gasteiger partial charge on any atom is 0.303 e. The van der Waals surface area contributed by atoms with E-state index in [2.05, 4.69) is 48.9 Å². The fourth-order valence-corrected chi connectivity index (χ4v) is 2.65. The van der Waals surface area contributed by atoms with Crippen LogP contribution < -0.4 is 21.5 Å². The highest BCUT2D eigenvalue weighted by Crippen LogP contribution is 2.18. The molecule has 1 heterocycles. The van der Waals surface area contributed by atoms with Gasteiger partial charge in [-0.05, 0) is 38.3 Å². The van der Waals surface area contributed by atoms with E-state index < -0.39 is 5.97 Å². The number of fused-ring (bicyclic) bond motifs is 1. The molecule has 1 aromatic carbocycles. The molecule has 0 fully saturated rings. The van der Waals surface area contributed by atoms with Crippen LogP contribution in [0.1, 0.15) is 36.8 Å². The molecule has 114 valence electrons. The Morgan fingerprint density at radius 3 is 2.57 bits per heavy atom. The predicted octanol–water partition coefficient (Wildman–Crippen LogP) is 0.393. The van der Waals surface area contributed by atoms with Crippen molar-refractivity contribution in [2.75, 3.05) is 0 Å². The van der Waals surface area contributed by atoms with Crippen molar-refractivity contribution in [1.82, 2.24) is 0 Å². The first kappa shape index (κ1) is 17.6. The molecule has 0 spiro atoms. The summed E-state index contributed by atoms with van der Waals surface area (Å²) in [7, 11) is 0. The van der Waals surface area contributed by atoms with Crippen LogP contribution in [0.2, 0.25) is 0 Å². The van der Waals surface area contributed by atoms with Crippen LogP contribution in [0.4, 0.5) is 0 Å². The van der Waals surface area contributed by atoms with Gasteiger partial charge < -0.3 is 22.1 Å². The van der Waals surface area contributed by atoms with E-state index in [0.717, 1.165) is 25.8 Å². The molecule has 0 radical (unpaired) electrons. The highest BCUT2D eigenvalue weighted by Gasteiger charge is 2.12. The van der Waals surface area contributed by atoms with Gasteiger partial charge in [0.15, 0.2) is 6.20 Å². The van der Waals surface area contributed by atoms with Crippen molar-refractivity contribution < 1.29 is 31.4 Å². The zero-order valence-electron chi connectivity index (χ0n) is 12.6. The van der Waals surface area contributed by atoms with E-state index >= 15 is 0 Å². The Kier molecular flexibility index (Phi) is 6.82. The number of halogens is 1. The van der Waals surface area contributed by atoms with Gasteiger partial charge in [-0.2, -0.15) is 4.57 Å². The van der Waals surface area contributed by atoms with Crippen LogP contribution in [0, 0.1) is 13.8 Å². The van der Waals surface area contributed by atoms with Crippen molar-refractivity contribution in [3.05, 3.63) is 41.6 Å². The zero-order valence-corrected chi connectivity index (χ0v) is 14.2. The lowest BCUT2D eigenvalue weighted by Crippen LogP contribution is -3.00. The minimum Gasteiger partial charge on any atom is -1.00 e. The summed E-state index contributed by atoms with van der Waals surface area (Å²) in [5.74, 6) is -0.700. The number of nitrogens with zero attached hydrogens (tertiary/aromatic N) is 1. The van der Waals surface area contributed by atoms with Gasteiger partial charge in [0.05, 0.1) is 0 Å². The Balaban J connectivity index is 0.00000220. The molecule has 0 saturated carbocycles. The second-order valence-corrected chi connectivity index (χ2v) is 5.37. The third-order valence-electron chi connectivity index (χ3n) is 3.74. The number of para-hydroxylation sites is 1. The maximum absolute atomic E-state index is 10.5. The summed E-state index contributed by atoms with van der Waals surface area (Å²) in [5.41, 5.74) is 3.88. The molecule has 1 aromatic heterocycles. The van der Waals surface area contributed by atoms with Crippen molar-refractivity contribution in [2.24, 2.45) is 0 Å². The Bertz CT molecular complexity index is 625. The summed E-state index contributed by atoms with van der Waals surface area (Å²) in [6.07, 6.45) is 5.16. The molecule has 0 atom stereocenters. The van der Waals surface area contributed by atoms with Gasteiger partial charge in [-0.25, -0.2) is 0 Å². The summed E-state index contributed by atoms with van der Waals surface area (Å²) in [6.45, 7) is 5.23. The van der Waals surface area contributed by atoms with Gasteiger partial charge in [0.25, 0.3) is 0 Å². The largest absolute Gasteiger partial charge is 1.00 e. The van der Waals surface area contributed by atoms with Crippen molar-refractivity contribution in [2.45, 2.75) is 46.1 Å². The van der Waals surface area contributed by atoms with E-state index in [1.54, 1.807) is 0 Å². The van der Waals surface area contributed by atoms with Crippen LogP contribution in [0.3, 0.4) is 0 Å². The zero-order chi connectivity index (χ0) is 14.5. The van der Waals surface area contributed by atoms with Gasteiger partial charge in [-0.1, -0.05) is 12.1 Å². The van der Waals surface area contributed by atoms with Crippen LogP contribution >= 0.6 is 0 Å².